The van der Waals surface area contributed by atoms with Gasteiger partial charge in [-0.25, -0.2) is 19.2 Å². The summed E-state index contributed by atoms with van der Waals surface area (Å²) in [6.45, 7) is 7.43. The number of amides is 1. The monoisotopic (exact) mass is 325 g/mol. The number of carbonyl (C=O) groups excluding carboxylic acids is 1. The number of halogens is 1. The van der Waals surface area contributed by atoms with Crippen LogP contribution in [0.25, 0.3) is 0 Å². The zero-order valence-corrected chi connectivity index (χ0v) is 13.9. The van der Waals surface area contributed by atoms with E-state index >= 15 is 0 Å². The highest BCUT2D eigenvalue weighted by Crippen LogP contribution is 2.21. The van der Waals surface area contributed by atoms with Crippen LogP contribution in [0.2, 0.25) is 0 Å². The van der Waals surface area contributed by atoms with E-state index in [9.17, 15) is 9.18 Å². The molecular formula is C16H24FN3O3. The summed E-state index contributed by atoms with van der Waals surface area (Å²) in [5, 5.41) is 0. The van der Waals surface area contributed by atoms with Gasteiger partial charge in [-0.15, -0.1) is 0 Å². The summed E-state index contributed by atoms with van der Waals surface area (Å²) < 4.78 is 23.5. The fourth-order valence-corrected chi connectivity index (χ4v) is 2.48. The van der Waals surface area contributed by atoms with Crippen LogP contribution in [0.4, 0.5) is 9.18 Å². The number of carbonyl (C=O) groups is 1. The third-order valence-electron chi connectivity index (χ3n) is 3.52. The summed E-state index contributed by atoms with van der Waals surface area (Å²) >= 11 is 0. The SMILES string of the molecule is CC(C)(C)OC(=O)N1CCC[C@@H](CCOc2ncc(F)cn2)C1. The maximum atomic E-state index is 12.7. The molecule has 1 aromatic rings. The van der Waals surface area contributed by atoms with E-state index in [0.717, 1.165) is 38.2 Å². The lowest BCUT2D eigenvalue weighted by Gasteiger charge is -2.34. The van der Waals surface area contributed by atoms with Gasteiger partial charge in [-0.1, -0.05) is 0 Å². The molecule has 1 aliphatic rings. The van der Waals surface area contributed by atoms with Gasteiger partial charge in [0.1, 0.15) is 5.60 Å². The van der Waals surface area contributed by atoms with E-state index in [1.807, 2.05) is 20.8 Å². The molecule has 6 nitrogen and oxygen atoms in total. The Morgan fingerprint density at radius 1 is 1.39 bits per heavy atom. The quantitative estimate of drug-likeness (QED) is 0.851. The zero-order valence-electron chi connectivity index (χ0n) is 13.9. The van der Waals surface area contributed by atoms with Gasteiger partial charge in [0, 0.05) is 13.1 Å². The van der Waals surface area contributed by atoms with Gasteiger partial charge in [0.25, 0.3) is 0 Å². The molecule has 0 unspecified atom stereocenters. The van der Waals surface area contributed by atoms with Crippen molar-refractivity contribution in [3.8, 4) is 6.01 Å². The Morgan fingerprint density at radius 2 is 2.09 bits per heavy atom. The number of piperidine rings is 1. The molecule has 2 rings (SSSR count). The number of ether oxygens (including phenoxy) is 2. The fourth-order valence-electron chi connectivity index (χ4n) is 2.48. The lowest BCUT2D eigenvalue weighted by atomic mass is 9.95. The van der Waals surface area contributed by atoms with E-state index in [1.165, 1.54) is 0 Å². The molecule has 0 radical (unpaired) electrons. The fraction of sp³-hybridized carbons (Fsp3) is 0.688. The summed E-state index contributed by atoms with van der Waals surface area (Å²) in [6.07, 6.45) is 4.69. The molecule has 1 aliphatic heterocycles. The topological polar surface area (TPSA) is 64.5 Å². The highest BCUT2D eigenvalue weighted by Gasteiger charge is 2.27. The van der Waals surface area contributed by atoms with Crippen molar-refractivity contribution < 1.29 is 18.7 Å². The van der Waals surface area contributed by atoms with E-state index in [2.05, 4.69) is 9.97 Å². The van der Waals surface area contributed by atoms with Crippen LogP contribution in [0.1, 0.15) is 40.0 Å². The van der Waals surface area contributed by atoms with Crippen LogP contribution in [0.3, 0.4) is 0 Å². The molecule has 2 heterocycles. The number of aromatic nitrogens is 2. The molecule has 1 saturated heterocycles. The minimum Gasteiger partial charge on any atom is -0.463 e. The second kappa shape index (κ2) is 7.57. The molecule has 128 valence electrons. The summed E-state index contributed by atoms with van der Waals surface area (Å²) in [7, 11) is 0. The van der Waals surface area contributed by atoms with Crippen LogP contribution >= 0.6 is 0 Å². The van der Waals surface area contributed by atoms with E-state index in [0.29, 0.717) is 19.1 Å². The molecule has 1 aromatic heterocycles. The number of likely N-dealkylation sites (tertiary alicyclic amines) is 1. The Hall–Kier alpha value is -1.92. The van der Waals surface area contributed by atoms with Crippen LogP contribution in [0, 0.1) is 11.7 Å². The Bertz CT molecular complexity index is 516. The lowest BCUT2D eigenvalue weighted by molar-refractivity contribution is 0.0154. The highest BCUT2D eigenvalue weighted by atomic mass is 19.1. The molecule has 7 heteroatoms. The van der Waals surface area contributed by atoms with Gasteiger partial charge in [0.2, 0.25) is 0 Å². The van der Waals surface area contributed by atoms with Gasteiger partial charge in [-0.3, -0.25) is 0 Å². The number of rotatable bonds is 4. The molecule has 0 bridgehead atoms. The molecule has 1 amide bonds. The minimum absolute atomic E-state index is 0.172. The maximum absolute atomic E-state index is 12.7. The van der Waals surface area contributed by atoms with E-state index in [4.69, 9.17) is 9.47 Å². The normalized spacial score (nSPS) is 18.6. The first-order valence-corrected chi connectivity index (χ1v) is 7.92. The van der Waals surface area contributed by atoms with Crippen LogP contribution in [0.5, 0.6) is 6.01 Å². The third-order valence-corrected chi connectivity index (χ3v) is 3.52. The van der Waals surface area contributed by atoms with Gasteiger partial charge in [-0.2, -0.15) is 0 Å². The van der Waals surface area contributed by atoms with Crippen molar-refractivity contribution in [1.29, 1.82) is 0 Å². The van der Waals surface area contributed by atoms with Crippen molar-refractivity contribution >= 4 is 6.09 Å². The van der Waals surface area contributed by atoms with Crippen molar-refractivity contribution in [3.05, 3.63) is 18.2 Å². The zero-order chi connectivity index (χ0) is 16.9. The second-order valence-electron chi connectivity index (χ2n) is 6.76. The first-order valence-electron chi connectivity index (χ1n) is 7.92. The Kier molecular flexibility index (Phi) is 5.74. The predicted molar refractivity (Wildman–Crippen MR) is 82.6 cm³/mol. The molecule has 0 aliphatic carbocycles. The molecule has 0 saturated carbocycles. The highest BCUT2D eigenvalue weighted by molar-refractivity contribution is 5.68. The summed E-state index contributed by atoms with van der Waals surface area (Å²) in [5.74, 6) is -0.130. The second-order valence-corrected chi connectivity index (χ2v) is 6.76. The maximum Gasteiger partial charge on any atom is 0.410 e. The Labute approximate surface area is 136 Å². The van der Waals surface area contributed by atoms with Gasteiger partial charge >= 0.3 is 12.1 Å². The van der Waals surface area contributed by atoms with Crippen LogP contribution in [-0.2, 0) is 4.74 Å². The van der Waals surface area contributed by atoms with Gasteiger partial charge in [0.15, 0.2) is 5.82 Å². The predicted octanol–water partition coefficient (Wildman–Crippen LogP) is 3.03. The Balaban J connectivity index is 1.75. The molecule has 1 fully saturated rings. The lowest BCUT2D eigenvalue weighted by Crippen LogP contribution is -2.43. The molecule has 0 N–H and O–H groups in total. The van der Waals surface area contributed by atoms with Crippen molar-refractivity contribution in [2.24, 2.45) is 5.92 Å². The number of hydrogen-bond acceptors (Lipinski definition) is 5. The summed E-state index contributed by atoms with van der Waals surface area (Å²) in [4.78, 5) is 21.4. The molecule has 0 spiro atoms. The van der Waals surface area contributed by atoms with Crippen molar-refractivity contribution in [2.75, 3.05) is 19.7 Å². The largest absolute Gasteiger partial charge is 0.463 e. The van der Waals surface area contributed by atoms with Crippen molar-refractivity contribution in [3.63, 3.8) is 0 Å². The van der Waals surface area contributed by atoms with E-state index in [1.54, 1.807) is 4.90 Å². The van der Waals surface area contributed by atoms with E-state index < -0.39 is 11.4 Å². The van der Waals surface area contributed by atoms with Crippen molar-refractivity contribution in [2.45, 2.75) is 45.6 Å². The van der Waals surface area contributed by atoms with Gasteiger partial charge in [-0.05, 0) is 46.0 Å². The van der Waals surface area contributed by atoms with Crippen LogP contribution in [0.15, 0.2) is 12.4 Å². The Morgan fingerprint density at radius 3 is 2.74 bits per heavy atom. The first-order chi connectivity index (χ1) is 10.8. The van der Waals surface area contributed by atoms with Gasteiger partial charge < -0.3 is 14.4 Å². The molecule has 0 aromatic carbocycles. The summed E-state index contributed by atoms with van der Waals surface area (Å²) in [6, 6.07) is 0.172. The third kappa shape index (κ3) is 6.00. The number of nitrogens with zero attached hydrogens (tertiary/aromatic N) is 3. The average Bonchev–Trinajstić information content (AvgIpc) is 2.48. The number of hydrogen-bond donors (Lipinski definition) is 0. The smallest absolute Gasteiger partial charge is 0.410 e. The van der Waals surface area contributed by atoms with Crippen LogP contribution in [-0.4, -0.2) is 46.3 Å². The molecule has 1 atom stereocenters. The van der Waals surface area contributed by atoms with Crippen molar-refractivity contribution in [1.82, 2.24) is 14.9 Å². The van der Waals surface area contributed by atoms with Gasteiger partial charge in [0.05, 0.1) is 19.0 Å². The minimum atomic E-state index is -0.488. The molecule has 23 heavy (non-hydrogen) atoms. The molecular weight excluding hydrogens is 301 g/mol. The summed E-state index contributed by atoms with van der Waals surface area (Å²) in [5.41, 5.74) is -0.479. The first kappa shape index (κ1) is 17.4. The van der Waals surface area contributed by atoms with Crippen LogP contribution < -0.4 is 4.74 Å². The average molecular weight is 325 g/mol. The van der Waals surface area contributed by atoms with E-state index in [-0.39, 0.29) is 12.1 Å². The standard InChI is InChI=1S/C16H24FN3O3/c1-16(2,3)23-15(21)20-7-4-5-12(11-20)6-8-22-14-18-9-13(17)10-19-14/h9-10,12H,4-8,11H2,1-3H3/t12-/m0/s1.